The SMILES string of the molecule is Cc1c(C(=O)NCc2ccccc2-c2ccc(CN3CCCC3)cc2)[nH]c2c1C(=O)CCC2. The summed E-state index contributed by atoms with van der Waals surface area (Å²) in [5, 5.41) is 3.06. The third-order valence-electron chi connectivity index (χ3n) is 6.99. The van der Waals surface area contributed by atoms with Gasteiger partial charge in [-0.25, -0.2) is 0 Å². The molecule has 1 aromatic heterocycles. The summed E-state index contributed by atoms with van der Waals surface area (Å²) in [6.07, 6.45) is 4.84. The summed E-state index contributed by atoms with van der Waals surface area (Å²) in [6.45, 7) is 5.70. The largest absolute Gasteiger partial charge is 0.354 e. The Kier molecular flexibility index (Phi) is 6.14. The minimum absolute atomic E-state index is 0.141. The number of rotatable bonds is 6. The summed E-state index contributed by atoms with van der Waals surface area (Å²) in [5.74, 6) is -0.0203. The number of benzene rings is 2. The van der Waals surface area contributed by atoms with Gasteiger partial charge in [0, 0.05) is 30.8 Å². The molecule has 2 aliphatic rings. The fourth-order valence-electron chi connectivity index (χ4n) is 5.21. The molecule has 1 aliphatic carbocycles. The van der Waals surface area contributed by atoms with Crippen LogP contribution < -0.4 is 5.32 Å². The molecule has 1 saturated heterocycles. The van der Waals surface area contributed by atoms with Crippen LogP contribution in [0, 0.1) is 6.92 Å². The number of carbonyl (C=O) groups excluding carboxylic acids is 2. The van der Waals surface area contributed by atoms with Crippen LogP contribution in [0.25, 0.3) is 11.1 Å². The van der Waals surface area contributed by atoms with Gasteiger partial charge in [-0.1, -0.05) is 48.5 Å². The standard InChI is InChI=1S/C28H31N3O2/c1-19-26-24(9-6-10-25(26)32)30-27(19)28(33)29-17-22-7-2-3-8-23(22)21-13-11-20(12-14-21)18-31-15-4-5-16-31/h2-3,7-8,11-14,30H,4-6,9-10,15-18H2,1H3,(H,29,33). The maximum atomic E-state index is 13.0. The zero-order valence-corrected chi connectivity index (χ0v) is 19.2. The van der Waals surface area contributed by atoms with Gasteiger partial charge in [0.05, 0.1) is 0 Å². The molecule has 0 spiro atoms. The van der Waals surface area contributed by atoms with E-state index >= 15 is 0 Å². The van der Waals surface area contributed by atoms with Gasteiger partial charge in [0.25, 0.3) is 5.91 Å². The number of ketones is 1. The monoisotopic (exact) mass is 441 g/mol. The van der Waals surface area contributed by atoms with Crippen molar-refractivity contribution < 1.29 is 9.59 Å². The van der Waals surface area contributed by atoms with Crippen molar-refractivity contribution in [1.29, 1.82) is 0 Å². The molecule has 0 atom stereocenters. The van der Waals surface area contributed by atoms with Crippen molar-refractivity contribution in [3.8, 4) is 11.1 Å². The van der Waals surface area contributed by atoms with E-state index in [0.29, 0.717) is 18.7 Å². The predicted octanol–water partition coefficient (Wildman–Crippen LogP) is 5.03. The molecule has 33 heavy (non-hydrogen) atoms. The first-order valence-electron chi connectivity index (χ1n) is 12.0. The Hall–Kier alpha value is -3.18. The summed E-state index contributed by atoms with van der Waals surface area (Å²) in [5.41, 5.74) is 7.61. The molecule has 170 valence electrons. The van der Waals surface area contributed by atoms with Gasteiger partial charge in [-0.2, -0.15) is 0 Å². The number of fused-ring (bicyclic) bond motifs is 1. The van der Waals surface area contributed by atoms with Crippen LogP contribution in [0.5, 0.6) is 0 Å². The number of H-pyrrole nitrogens is 1. The quantitative estimate of drug-likeness (QED) is 0.564. The molecule has 2 aromatic carbocycles. The molecule has 0 bridgehead atoms. The average Bonchev–Trinajstić information content (AvgIpc) is 3.46. The molecule has 0 unspecified atom stereocenters. The van der Waals surface area contributed by atoms with Crippen LogP contribution in [-0.2, 0) is 19.5 Å². The van der Waals surface area contributed by atoms with E-state index in [4.69, 9.17) is 0 Å². The van der Waals surface area contributed by atoms with Crippen LogP contribution in [0.1, 0.15) is 68.9 Å². The fourth-order valence-corrected chi connectivity index (χ4v) is 5.21. The first-order chi connectivity index (χ1) is 16.1. The molecule has 2 heterocycles. The molecular weight excluding hydrogens is 410 g/mol. The smallest absolute Gasteiger partial charge is 0.268 e. The summed E-state index contributed by atoms with van der Waals surface area (Å²) in [7, 11) is 0. The van der Waals surface area contributed by atoms with Gasteiger partial charge in [0.15, 0.2) is 5.78 Å². The zero-order chi connectivity index (χ0) is 22.8. The molecule has 0 saturated carbocycles. The molecule has 5 nitrogen and oxygen atoms in total. The molecule has 1 amide bonds. The fraction of sp³-hybridized carbons (Fsp3) is 0.357. The molecule has 5 heteroatoms. The van der Waals surface area contributed by atoms with E-state index in [1.54, 1.807) is 0 Å². The number of nitrogens with zero attached hydrogens (tertiary/aromatic N) is 1. The van der Waals surface area contributed by atoms with Crippen molar-refractivity contribution >= 4 is 11.7 Å². The number of hydrogen-bond acceptors (Lipinski definition) is 3. The van der Waals surface area contributed by atoms with Gasteiger partial charge in [-0.15, -0.1) is 0 Å². The highest BCUT2D eigenvalue weighted by Gasteiger charge is 2.26. The Balaban J connectivity index is 1.30. The van der Waals surface area contributed by atoms with Crippen LogP contribution in [0.15, 0.2) is 48.5 Å². The highest BCUT2D eigenvalue weighted by atomic mass is 16.2. The topological polar surface area (TPSA) is 65.2 Å². The number of aromatic amines is 1. The van der Waals surface area contributed by atoms with Gasteiger partial charge in [0.1, 0.15) is 5.69 Å². The summed E-state index contributed by atoms with van der Waals surface area (Å²) >= 11 is 0. The maximum absolute atomic E-state index is 13.0. The predicted molar refractivity (Wildman–Crippen MR) is 130 cm³/mol. The van der Waals surface area contributed by atoms with Crippen molar-refractivity contribution in [1.82, 2.24) is 15.2 Å². The highest BCUT2D eigenvalue weighted by molar-refractivity contribution is 6.04. The van der Waals surface area contributed by atoms with Gasteiger partial charge >= 0.3 is 0 Å². The molecule has 1 fully saturated rings. The van der Waals surface area contributed by atoms with Gasteiger partial charge in [-0.3, -0.25) is 14.5 Å². The number of Topliss-reactive ketones (excluding diaryl/α,β-unsaturated/α-hetero) is 1. The number of likely N-dealkylation sites (tertiary alicyclic amines) is 1. The van der Waals surface area contributed by atoms with Crippen molar-refractivity contribution in [3.63, 3.8) is 0 Å². The first kappa shape index (κ1) is 21.7. The second-order valence-corrected chi connectivity index (χ2v) is 9.28. The maximum Gasteiger partial charge on any atom is 0.268 e. The van der Waals surface area contributed by atoms with Crippen molar-refractivity contribution in [3.05, 3.63) is 82.2 Å². The van der Waals surface area contributed by atoms with Crippen molar-refractivity contribution in [2.75, 3.05) is 13.1 Å². The normalized spacial score (nSPS) is 16.1. The molecule has 5 rings (SSSR count). The Morgan fingerprint density at radius 1 is 1.00 bits per heavy atom. The van der Waals surface area contributed by atoms with E-state index in [1.807, 2.05) is 19.1 Å². The third-order valence-corrected chi connectivity index (χ3v) is 6.99. The van der Waals surface area contributed by atoms with Crippen molar-refractivity contribution in [2.45, 2.75) is 52.1 Å². The van der Waals surface area contributed by atoms with E-state index in [0.717, 1.165) is 52.9 Å². The minimum atomic E-state index is -0.162. The second-order valence-electron chi connectivity index (χ2n) is 9.28. The Morgan fingerprint density at radius 3 is 2.52 bits per heavy atom. The van der Waals surface area contributed by atoms with E-state index in [-0.39, 0.29) is 11.7 Å². The zero-order valence-electron chi connectivity index (χ0n) is 19.2. The number of carbonyl (C=O) groups is 2. The summed E-state index contributed by atoms with van der Waals surface area (Å²) in [6, 6.07) is 17.0. The second kappa shape index (κ2) is 9.36. The van der Waals surface area contributed by atoms with Gasteiger partial charge in [0.2, 0.25) is 0 Å². The van der Waals surface area contributed by atoms with Crippen LogP contribution in [0.2, 0.25) is 0 Å². The van der Waals surface area contributed by atoms with E-state index in [9.17, 15) is 9.59 Å². The lowest BCUT2D eigenvalue weighted by Gasteiger charge is -2.15. The third kappa shape index (κ3) is 4.51. The number of nitrogens with one attached hydrogen (secondary N) is 2. The van der Waals surface area contributed by atoms with Gasteiger partial charge in [-0.05, 0) is 73.5 Å². The number of aromatic nitrogens is 1. The minimum Gasteiger partial charge on any atom is -0.354 e. The highest BCUT2D eigenvalue weighted by Crippen LogP contribution is 2.27. The number of amides is 1. The van der Waals surface area contributed by atoms with Crippen LogP contribution >= 0.6 is 0 Å². The lowest BCUT2D eigenvalue weighted by molar-refractivity contribution is 0.0945. The first-order valence-corrected chi connectivity index (χ1v) is 12.0. The Labute approximate surface area is 195 Å². The average molecular weight is 442 g/mol. The van der Waals surface area contributed by atoms with Gasteiger partial charge < -0.3 is 10.3 Å². The lowest BCUT2D eigenvalue weighted by Crippen LogP contribution is -2.24. The lowest BCUT2D eigenvalue weighted by atomic mass is 9.94. The van der Waals surface area contributed by atoms with Crippen LogP contribution in [0.4, 0.5) is 0 Å². The van der Waals surface area contributed by atoms with Crippen molar-refractivity contribution in [2.24, 2.45) is 0 Å². The van der Waals surface area contributed by atoms with Crippen LogP contribution in [-0.4, -0.2) is 34.7 Å². The number of aryl methyl sites for hydroxylation is 1. The summed E-state index contributed by atoms with van der Waals surface area (Å²) in [4.78, 5) is 31.0. The van der Waals surface area contributed by atoms with Crippen LogP contribution in [0.3, 0.4) is 0 Å². The molecule has 2 N–H and O–H groups in total. The molecule has 1 aliphatic heterocycles. The van der Waals surface area contributed by atoms with E-state index < -0.39 is 0 Å². The Bertz CT molecular complexity index is 1170. The molecular formula is C28H31N3O2. The Morgan fingerprint density at radius 2 is 1.76 bits per heavy atom. The van der Waals surface area contributed by atoms with E-state index in [2.05, 4.69) is 51.6 Å². The van der Waals surface area contributed by atoms with E-state index in [1.165, 1.54) is 31.5 Å². The summed E-state index contributed by atoms with van der Waals surface area (Å²) < 4.78 is 0. The molecule has 0 radical (unpaired) electrons. The number of hydrogen-bond donors (Lipinski definition) is 2. The molecule has 3 aromatic rings.